The van der Waals surface area contributed by atoms with E-state index in [1.165, 1.54) is 24.6 Å². The van der Waals surface area contributed by atoms with Crippen molar-refractivity contribution in [3.05, 3.63) is 88.5 Å². The summed E-state index contributed by atoms with van der Waals surface area (Å²) in [7, 11) is 0. The molecule has 262 valence electrons. The number of benzene rings is 3. The van der Waals surface area contributed by atoms with E-state index in [0.29, 0.717) is 68.9 Å². The van der Waals surface area contributed by atoms with Crippen molar-refractivity contribution in [2.24, 2.45) is 5.92 Å². The summed E-state index contributed by atoms with van der Waals surface area (Å²) in [6.45, 7) is 4.22. The highest BCUT2D eigenvalue weighted by Gasteiger charge is 2.46. The predicted octanol–water partition coefficient (Wildman–Crippen LogP) is 7.39. The molecule has 1 spiro atoms. The second-order valence-electron chi connectivity index (χ2n) is 14.6. The zero-order valence-electron chi connectivity index (χ0n) is 28.0. The molecule has 0 bridgehead atoms. The summed E-state index contributed by atoms with van der Waals surface area (Å²) < 4.78 is 63.4. The molecule has 3 saturated heterocycles. The van der Waals surface area contributed by atoms with Crippen LogP contribution in [0.4, 0.5) is 34.6 Å². The average Bonchev–Trinajstić information content (AvgIpc) is 3.38. The molecule has 0 saturated carbocycles. The number of nitrogens with one attached hydrogen (secondary N) is 1. The number of hydrogen-bond acceptors (Lipinski definition) is 5. The first-order chi connectivity index (χ1) is 23.7. The first kappa shape index (κ1) is 33.7. The zero-order valence-corrected chi connectivity index (χ0v) is 28.0. The van der Waals surface area contributed by atoms with Crippen LogP contribution >= 0.6 is 0 Å². The second kappa shape index (κ2) is 14.2. The van der Waals surface area contributed by atoms with Gasteiger partial charge in [0.1, 0.15) is 11.6 Å². The first-order valence-electron chi connectivity index (χ1n) is 17.9. The van der Waals surface area contributed by atoms with Crippen molar-refractivity contribution in [1.82, 2.24) is 5.32 Å². The first-order valence-corrected chi connectivity index (χ1v) is 17.9. The number of ether oxygens (including phenoxy) is 1. The van der Waals surface area contributed by atoms with Gasteiger partial charge in [0.05, 0.1) is 17.1 Å². The van der Waals surface area contributed by atoms with E-state index in [2.05, 4.69) is 15.1 Å². The largest absolute Gasteiger partial charge is 0.397 e. The van der Waals surface area contributed by atoms with Gasteiger partial charge in [-0.25, -0.2) is 17.6 Å². The summed E-state index contributed by atoms with van der Waals surface area (Å²) in [5.41, 5.74) is 10.5. The number of nitrogen functional groups attached to an aromatic ring is 1. The molecule has 6 nitrogen and oxygen atoms in total. The fraction of sp³-hybridized carbons (Fsp3) is 0.513. The number of amides is 1. The Morgan fingerprint density at radius 1 is 0.857 bits per heavy atom. The van der Waals surface area contributed by atoms with Crippen molar-refractivity contribution in [1.29, 1.82) is 0 Å². The fourth-order valence-corrected chi connectivity index (χ4v) is 8.95. The Morgan fingerprint density at radius 3 is 2.33 bits per heavy atom. The lowest BCUT2D eigenvalue weighted by Gasteiger charge is -2.42. The Bertz CT molecular complexity index is 1660. The minimum atomic E-state index is -0.901. The van der Waals surface area contributed by atoms with Gasteiger partial charge in [-0.05, 0) is 122 Å². The van der Waals surface area contributed by atoms with Gasteiger partial charge in [0.2, 0.25) is 5.91 Å². The van der Waals surface area contributed by atoms with Gasteiger partial charge in [-0.15, -0.1) is 0 Å². The van der Waals surface area contributed by atoms with Crippen LogP contribution in [0.5, 0.6) is 0 Å². The highest BCUT2D eigenvalue weighted by atomic mass is 19.2. The third-order valence-electron chi connectivity index (χ3n) is 11.6. The number of carbonyl (C=O) groups excluding carboxylic acids is 1. The van der Waals surface area contributed by atoms with Gasteiger partial charge in [-0.3, -0.25) is 4.79 Å². The minimum Gasteiger partial charge on any atom is -0.397 e. The maximum Gasteiger partial charge on any atom is 0.220 e. The van der Waals surface area contributed by atoms with Gasteiger partial charge >= 0.3 is 0 Å². The van der Waals surface area contributed by atoms with Gasteiger partial charge < -0.3 is 25.6 Å². The molecule has 3 heterocycles. The van der Waals surface area contributed by atoms with E-state index in [1.807, 2.05) is 12.1 Å². The number of hydrogen-bond donors (Lipinski definition) is 2. The van der Waals surface area contributed by atoms with E-state index < -0.39 is 11.6 Å². The highest BCUT2D eigenvalue weighted by Crippen LogP contribution is 2.53. The summed E-state index contributed by atoms with van der Waals surface area (Å²) in [6.07, 6.45) is 7.70. The van der Waals surface area contributed by atoms with E-state index in [0.717, 1.165) is 61.7 Å². The average molecular weight is 679 g/mol. The molecular formula is C39H46F4N4O2. The summed E-state index contributed by atoms with van der Waals surface area (Å²) in [5, 5.41) is 3.25. The standard InChI is InChI=1S/C39H46F4N4O2/c40-28-5-6-29-27(20-38(48)45-35(26-8-16-49-17-9-26)19-25-4-7-31(41)32(42)18-25)24-39(30(29)21-28)10-14-47(15-11-39)36-23-37(34(44)22-33(36)43)46-12-2-1-3-13-46/h4-7,18,21-23,26-27,35H,1-3,8-17,19-20,24,44H2,(H,45,48)/t27-,35-/m1/s1. The molecule has 3 aromatic carbocycles. The third-order valence-corrected chi connectivity index (χ3v) is 11.6. The van der Waals surface area contributed by atoms with Crippen molar-refractivity contribution >= 4 is 23.0 Å². The number of rotatable bonds is 8. The van der Waals surface area contributed by atoms with Gasteiger partial charge in [0.15, 0.2) is 11.6 Å². The Morgan fingerprint density at radius 2 is 1.59 bits per heavy atom. The summed E-state index contributed by atoms with van der Waals surface area (Å²) in [6, 6.07) is 11.9. The lowest BCUT2D eigenvalue weighted by molar-refractivity contribution is -0.122. The molecule has 10 heteroatoms. The highest BCUT2D eigenvalue weighted by molar-refractivity contribution is 5.78. The molecule has 1 amide bonds. The molecule has 3 N–H and O–H groups in total. The topological polar surface area (TPSA) is 70.8 Å². The summed E-state index contributed by atoms with van der Waals surface area (Å²) in [4.78, 5) is 18.1. The van der Waals surface area contributed by atoms with Gasteiger partial charge in [-0.2, -0.15) is 0 Å². The molecular weight excluding hydrogens is 632 g/mol. The van der Waals surface area contributed by atoms with E-state index in [1.54, 1.807) is 12.1 Å². The molecule has 0 unspecified atom stereocenters. The second-order valence-corrected chi connectivity index (χ2v) is 14.6. The molecule has 0 radical (unpaired) electrons. The lowest BCUT2D eigenvalue weighted by atomic mass is 9.73. The van der Waals surface area contributed by atoms with Gasteiger partial charge in [0.25, 0.3) is 0 Å². The zero-order chi connectivity index (χ0) is 34.1. The monoisotopic (exact) mass is 678 g/mol. The van der Waals surface area contributed by atoms with Crippen molar-refractivity contribution in [2.45, 2.75) is 81.6 Å². The van der Waals surface area contributed by atoms with Crippen LogP contribution in [-0.4, -0.2) is 51.3 Å². The fourth-order valence-electron chi connectivity index (χ4n) is 8.95. The lowest BCUT2D eigenvalue weighted by Crippen LogP contribution is -2.44. The molecule has 3 fully saturated rings. The van der Waals surface area contributed by atoms with Crippen LogP contribution in [0.25, 0.3) is 0 Å². The SMILES string of the molecule is Nc1cc(F)c(N2CCC3(CC2)C[C@@H](CC(=O)N[C@H](Cc2ccc(F)c(F)c2)C2CCOCC2)c2ccc(F)cc23)cc1N1CCCCC1. The maximum atomic E-state index is 15.4. The molecule has 1 aliphatic carbocycles. The van der Waals surface area contributed by atoms with Crippen LogP contribution in [-0.2, 0) is 21.4 Å². The number of halogens is 4. The Labute approximate surface area is 286 Å². The number of nitrogens with zero attached hydrogens (tertiary/aromatic N) is 2. The number of carbonyl (C=O) groups is 1. The van der Waals surface area contributed by atoms with Crippen molar-refractivity contribution in [3.63, 3.8) is 0 Å². The van der Waals surface area contributed by atoms with Crippen molar-refractivity contribution in [3.8, 4) is 0 Å². The number of nitrogens with two attached hydrogens (primary N) is 1. The van der Waals surface area contributed by atoms with Crippen LogP contribution in [0.15, 0.2) is 48.5 Å². The Balaban J connectivity index is 1.06. The van der Waals surface area contributed by atoms with E-state index in [-0.39, 0.29) is 47.3 Å². The van der Waals surface area contributed by atoms with Crippen LogP contribution in [0.1, 0.15) is 80.4 Å². The van der Waals surface area contributed by atoms with Crippen molar-refractivity contribution < 1.29 is 27.1 Å². The molecule has 2 atom stereocenters. The molecule has 3 aliphatic heterocycles. The Kier molecular flexibility index (Phi) is 9.77. The van der Waals surface area contributed by atoms with E-state index in [4.69, 9.17) is 10.5 Å². The molecule has 0 aromatic heterocycles. The predicted molar refractivity (Wildman–Crippen MR) is 184 cm³/mol. The third kappa shape index (κ3) is 7.12. The number of anilines is 3. The molecule has 3 aromatic rings. The van der Waals surface area contributed by atoms with Gasteiger partial charge in [-0.1, -0.05) is 12.1 Å². The Hall–Kier alpha value is -3.79. The van der Waals surface area contributed by atoms with Crippen LogP contribution in [0.3, 0.4) is 0 Å². The van der Waals surface area contributed by atoms with Crippen molar-refractivity contribution in [2.75, 3.05) is 54.9 Å². The van der Waals surface area contributed by atoms with Crippen LogP contribution < -0.4 is 20.9 Å². The molecule has 4 aliphatic rings. The number of piperidine rings is 2. The normalized spacial score (nSPS) is 21.5. The van der Waals surface area contributed by atoms with Gasteiger partial charge in [0, 0.05) is 57.9 Å². The molecule has 49 heavy (non-hydrogen) atoms. The minimum absolute atomic E-state index is 0.0975. The number of fused-ring (bicyclic) bond motifs is 2. The van der Waals surface area contributed by atoms with E-state index in [9.17, 15) is 18.0 Å². The quantitative estimate of drug-likeness (QED) is 0.192. The van der Waals surface area contributed by atoms with Crippen LogP contribution in [0.2, 0.25) is 0 Å². The summed E-state index contributed by atoms with van der Waals surface area (Å²) in [5.74, 6) is -2.48. The smallest absolute Gasteiger partial charge is 0.220 e. The van der Waals surface area contributed by atoms with Crippen LogP contribution in [0, 0.1) is 29.2 Å². The maximum absolute atomic E-state index is 15.4. The summed E-state index contributed by atoms with van der Waals surface area (Å²) >= 11 is 0. The molecule has 7 rings (SSSR count). The van der Waals surface area contributed by atoms with E-state index >= 15 is 4.39 Å².